The van der Waals surface area contributed by atoms with Crippen molar-refractivity contribution in [2.45, 2.75) is 39.7 Å². The van der Waals surface area contributed by atoms with Crippen LogP contribution in [-0.4, -0.2) is 18.0 Å². The fraction of sp³-hybridized carbons (Fsp3) is 0.875. The van der Waals surface area contributed by atoms with Crippen molar-refractivity contribution < 1.29 is 0 Å². The quantitative estimate of drug-likeness (QED) is 0.466. The zero-order valence-corrected chi connectivity index (χ0v) is 7.94. The molecule has 0 spiro atoms. The van der Waals surface area contributed by atoms with E-state index in [1.807, 2.05) is 0 Å². The minimum atomic E-state index is 0.0152. The van der Waals surface area contributed by atoms with E-state index in [0.717, 1.165) is 13.0 Å². The van der Waals surface area contributed by atoms with Crippen molar-refractivity contribution in [1.29, 1.82) is 0 Å². The number of guanidine groups is 1. The Kier molecular flexibility index (Phi) is 3.93. The van der Waals surface area contributed by atoms with Crippen molar-refractivity contribution in [1.82, 2.24) is 5.32 Å². The van der Waals surface area contributed by atoms with Crippen LogP contribution < -0.4 is 11.1 Å². The summed E-state index contributed by atoms with van der Waals surface area (Å²) >= 11 is 0. The van der Waals surface area contributed by atoms with Crippen LogP contribution in [0.2, 0.25) is 0 Å². The third-order valence-corrected chi connectivity index (χ3v) is 1.01. The van der Waals surface area contributed by atoms with Gasteiger partial charge in [-0.05, 0) is 27.2 Å². The molecule has 0 radical (unpaired) electrons. The summed E-state index contributed by atoms with van der Waals surface area (Å²) in [6.07, 6.45) is 1.03. The summed E-state index contributed by atoms with van der Waals surface area (Å²) in [5, 5.41) is 3.08. The minimum Gasteiger partial charge on any atom is -0.370 e. The smallest absolute Gasteiger partial charge is 0.188 e. The topological polar surface area (TPSA) is 50.4 Å². The standard InChI is InChI=1S/C8H19N3/c1-5-6-10-7(9)11-8(2,3)4/h5-6H2,1-4H3,(H3,9,10,11). The van der Waals surface area contributed by atoms with Gasteiger partial charge in [-0.15, -0.1) is 0 Å². The molecule has 0 amide bonds. The second-order valence-electron chi connectivity index (χ2n) is 3.64. The van der Waals surface area contributed by atoms with Gasteiger partial charge in [-0.25, -0.2) is 0 Å². The number of nitrogens with two attached hydrogens (primary N) is 1. The van der Waals surface area contributed by atoms with Crippen LogP contribution in [0.25, 0.3) is 0 Å². The van der Waals surface area contributed by atoms with E-state index < -0.39 is 0 Å². The van der Waals surface area contributed by atoms with Crippen LogP contribution in [0, 0.1) is 0 Å². The molecule has 0 fully saturated rings. The zero-order chi connectivity index (χ0) is 8.91. The SMILES string of the molecule is CCCN=C(N)NC(C)(C)C. The van der Waals surface area contributed by atoms with Gasteiger partial charge in [-0.2, -0.15) is 0 Å². The Morgan fingerprint density at radius 1 is 1.45 bits per heavy atom. The molecule has 11 heavy (non-hydrogen) atoms. The largest absolute Gasteiger partial charge is 0.370 e. The third kappa shape index (κ3) is 7.16. The maximum absolute atomic E-state index is 5.58. The summed E-state index contributed by atoms with van der Waals surface area (Å²) in [6, 6.07) is 0. The molecule has 0 aliphatic heterocycles. The lowest BCUT2D eigenvalue weighted by molar-refractivity contribution is 0.508. The molecule has 0 atom stereocenters. The van der Waals surface area contributed by atoms with Gasteiger partial charge in [-0.3, -0.25) is 4.99 Å². The van der Waals surface area contributed by atoms with Gasteiger partial charge in [0.1, 0.15) is 0 Å². The summed E-state index contributed by atoms with van der Waals surface area (Å²) in [6.45, 7) is 9.05. The fourth-order valence-corrected chi connectivity index (χ4v) is 0.656. The number of nitrogens with one attached hydrogen (secondary N) is 1. The summed E-state index contributed by atoms with van der Waals surface area (Å²) < 4.78 is 0. The van der Waals surface area contributed by atoms with Crippen molar-refractivity contribution in [3.05, 3.63) is 0 Å². The van der Waals surface area contributed by atoms with Crippen LogP contribution in [0.15, 0.2) is 4.99 Å². The van der Waals surface area contributed by atoms with Crippen molar-refractivity contribution in [3.8, 4) is 0 Å². The Morgan fingerprint density at radius 3 is 2.36 bits per heavy atom. The average molecular weight is 157 g/mol. The molecule has 0 aromatic heterocycles. The molecule has 0 unspecified atom stereocenters. The molecule has 0 aliphatic rings. The van der Waals surface area contributed by atoms with Gasteiger partial charge in [0.15, 0.2) is 5.96 Å². The molecule has 3 nitrogen and oxygen atoms in total. The molecular weight excluding hydrogens is 138 g/mol. The van der Waals surface area contributed by atoms with Crippen LogP contribution in [0.3, 0.4) is 0 Å². The first kappa shape index (κ1) is 10.3. The maximum Gasteiger partial charge on any atom is 0.188 e. The summed E-state index contributed by atoms with van der Waals surface area (Å²) in [5.74, 6) is 0.541. The van der Waals surface area contributed by atoms with Gasteiger partial charge in [0.05, 0.1) is 0 Å². The molecule has 0 heterocycles. The van der Waals surface area contributed by atoms with Gasteiger partial charge in [0.25, 0.3) is 0 Å². The van der Waals surface area contributed by atoms with Crippen molar-refractivity contribution >= 4 is 5.96 Å². The minimum absolute atomic E-state index is 0.0152. The van der Waals surface area contributed by atoms with E-state index in [-0.39, 0.29) is 5.54 Å². The highest BCUT2D eigenvalue weighted by Gasteiger charge is 2.08. The van der Waals surface area contributed by atoms with Crippen LogP contribution in [0.1, 0.15) is 34.1 Å². The van der Waals surface area contributed by atoms with Gasteiger partial charge < -0.3 is 11.1 Å². The zero-order valence-electron chi connectivity index (χ0n) is 7.94. The lowest BCUT2D eigenvalue weighted by Gasteiger charge is -2.20. The molecule has 0 saturated heterocycles. The molecule has 3 heteroatoms. The molecule has 66 valence electrons. The fourth-order valence-electron chi connectivity index (χ4n) is 0.656. The molecule has 0 aromatic carbocycles. The number of hydrogen-bond donors (Lipinski definition) is 2. The van der Waals surface area contributed by atoms with Gasteiger partial charge in [-0.1, -0.05) is 6.92 Å². The Hall–Kier alpha value is -0.730. The van der Waals surface area contributed by atoms with Crippen molar-refractivity contribution in [3.63, 3.8) is 0 Å². The van der Waals surface area contributed by atoms with Crippen LogP contribution >= 0.6 is 0 Å². The number of hydrogen-bond acceptors (Lipinski definition) is 1. The Balaban J connectivity index is 3.76. The molecule has 0 aliphatic carbocycles. The second-order valence-corrected chi connectivity index (χ2v) is 3.64. The first-order valence-corrected chi connectivity index (χ1v) is 4.04. The van der Waals surface area contributed by atoms with Gasteiger partial charge in [0, 0.05) is 12.1 Å². The Bertz CT molecular complexity index is 133. The van der Waals surface area contributed by atoms with E-state index in [0.29, 0.717) is 5.96 Å². The molecule has 0 aromatic rings. The van der Waals surface area contributed by atoms with E-state index in [2.05, 4.69) is 38.0 Å². The van der Waals surface area contributed by atoms with E-state index in [1.165, 1.54) is 0 Å². The highest BCUT2D eigenvalue weighted by Crippen LogP contribution is 1.96. The summed E-state index contributed by atoms with van der Waals surface area (Å²) in [4.78, 5) is 4.11. The Labute approximate surface area is 69.1 Å². The molecule has 3 N–H and O–H groups in total. The van der Waals surface area contributed by atoms with Crippen LogP contribution in [0.4, 0.5) is 0 Å². The maximum atomic E-state index is 5.58. The second kappa shape index (κ2) is 4.21. The normalized spacial score (nSPS) is 13.3. The molecular formula is C8H19N3. The van der Waals surface area contributed by atoms with Crippen LogP contribution in [0.5, 0.6) is 0 Å². The van der Waals surface area contributed by atoms with E-state index in [4.69, 9.17) is 5.73 Å². The predicted molar refractivity (Wildman–Crippen MR) is 49.7 cm³/mol. The van der Waals surface area contributed by atoms with Crippen LogP contribution in [-0.2, 0) is 0 Å². The van der Waals surface area contributed by atoms with Crippen molar-refractivity contribution in [2.24, 2.45) is 10.7 Å². The summed E-state index contributed by atoms with van der Waals surface area (Å²) in [5.41, 5.74) is 5.60. The highest BCUT2D eigenvalue weighted by molar-refractivity contribution is 5.78. The summed E-state index contributed by atoms with van der Waals surface area (Å²) in [7, 11) is 0. The van der Waals surface area contributed by atoms with Crippen molar-refractivity contribution in [2.75, 3.05) is 6.54 Å². The first-order chi connectivity index (χ1) is 4.95. The van der Waals surface area contributed by atoms with E-state index in [1.54, 1.807) is 0 Å². The van der Waals surface area contributed by atoms with Gasteiger partial charge >= 0.3 is 0 Å². The highest BCUT2D eigenvalue weighted by atomic mass is 15.1. The average Bonchev–Trinajstić information content (AvgIpc) is 1.79. The number of rotatable bonds is 2. The third-order valence-electron chi connectivity index (χ3n) is 1.01. The van der Waals surface area contributed by atoms with Gasteiger partial charge in [0.2, 0.25) is 0 Å². The monoisotopic (exact) mass is 157 g/mol. The number of nitrogens with zero attached hydrogens (tertiary/aromatic N) is 1. The molecule has 0 bridgehead atoms. The molecule has 0 rings (SSSR count). The first-order valence-electron chi connectivity index (χ1n) is 4.04. The van der Waals surface area contributed by atoms with E-state index >= 15 is 0 Å². The number of aliphatic imine (C=N–C) groups is 1. The lowest BCUT2D eigenvalue weighted by atomic mass is 10.1. The predicted octanol–water partition coefficient (Wildman–Crippen LogP) is 1.10. The van der Waals surface area contributed by atoms with E-state index in [9.17, 15) is 0 Å². The Morgan fingerprint density at radius 2 is 2.00 bits per heavy atom. The lowest BCUT2D eigenvalue weighted by Crippen LogP contribution is -2.45. The molecule has 0 saturated carbocycles.